The summed E-state index contributed by atoms with van der Waals surface area (Å²) < 4.78 is 20.1. The highest BCUT2D eigenvalue weighted by Gasteiger charge is 2.51. The van der Waals surface area contributed by atoms with Crippen molar-refractivity contribution in [2.45, 2.75) is 25.7 Å². The molecule has 3 N–H and O–H groups in total. The third-order valence-corrected chi connectivity index (χ3v) is 4.04. The minimum absolute atomic E-state index is 0.124. The molecule has 1 aliphatic rings. The first-order valence-corrected chi connectivity index (χ1v) is 6.14. The average molecular weight is 271 g/mol. The van der Waals surface area contributed by atoms with Crippen molar-refractivity contribution in [1.82, 2.24) is 9.55 Å². The molecule has 2 rings (SSSR count). The summed E-state index contributed by atoms with van der Waals surface area (Å²) in [6.45, 7) is 2.42. The summed E-state index contributed by atoms with van der Waals surface area (Å²) in [5, 5.41) is 9.39. The van der Waals surface area contributed by atoms with Gasteiger partial charge in [0.1, 0.15) is 24.3 Å². The number of anilines is 1. The first-order valence-electron chi connectivity index (χ1n) is 6.14. The number of hydrogen-bond acceptors (Lipinski definition) is 5. The lowest BCUT2D eigenvalue weighted by Crippen LogP contribution is -2.41. The van der Waals surface area contributed by atoms with Gasteiger partial charge in [-0.1, -0.05) is 13.8 Å². The van der Waals surface area contributed by atoms with Crippen LogP contribution in [-0.4, -0.2) is 33.5 Å². The predicted octanol–water partition coefficient (Wildman–Crippen LogP) is 0.327. The van der Waals surface area contributed by atoms with Crippen LogP contribution in [0, 0.1) is 11.8 Å². The number of rotatable bonds is 3. The van der Waals surface area contributed by atoms with Gasteiger partial charge in [-0.05, 0) is 12.0 Å². The fraction of sp³-hybridized carbons (Fsp3) is 0.667. The van der Waals surface area contributed by atoms with E-state index in [1.807, 2.05) is 6.92 Å². The normalized spacial score (nSPS) is 34.6. The summed E-state index contributed by atoms with van der Waals surface area (Å²) in [5.74, 6) is -0.234. The number of aliphatic hydroxyl groups is 1. The van der Waals surface area contributed by atoms with Crippen molar-refractivity contribution < 1.29 is 14.2 Å². The van der Waals surface area contributed by atoms with E-state index in [0.717, 1.165) is 0 Å². The zero-order valence-corrected chi connectivity index (χ0v) is 10.9. The average Bonchev–Trinajstić information content (AvgIpc) is 2.64. The van der Waals surface area contributed by atoms with Crippen molar-refractivity contribution in [2.75, 3.05) is 19.0 Å². The molecule has 19 heavy (non-hydrogen) atoms. The molecule has 0 aliphatic carbocycles. The molecule has 1 aromatic heterocycles. The van der Waals surface area contributed by atoms with Gasteiger partial charge in [0, 0.05) is 12.1 Å². The van der Waals surface area contributed by atoms with E-state index in [2.05, 4.69) is 4.98 Å². The topological polar surface area (TPSA) is 90.4 Å². The van der Waals surface area contributed by atoms with Crippen LogP contribution in [0.4, 0.5) is 10.2 Å². The number of aliphatic hydroxyl groups excluding tert-OH is 1. The Kier molecular flexibility index (Phi) is 3.60. The van der Waals surface area contributed by atoms with Crippen molar-refractivity contribution >= 4 is 5.82 Å². The molecule has 6 nitrogen and oxygen atoms in total. The Balaban J connectivity index is 2.39. The van der Waals surface area contributed by atoms with Crippen LogP contribution < -0.4 is 11.4 Å². The van der Waals surface area contributed by atoms with Crippen LogP contribution in [0.15, 0.2) is 17.1 Å². The molecule has 106 valence electrons. The van der Waals surface area contributed by atoms with Crippen LogP contribution in [0.25, 0.3) is 0 Å². The van der Waals surface area contributed by atoms with Gasteiger partial charge in [0.25, 0.3) is 0 Å². The molecule has 0 amide bonds. The first-order chi connectivity index (χ1) is 8.95. The number of ether oxygens (including phenoxy) is 1. The molecule has 0 bridgehead atoms. The minimum Gasteiger partial charge on any atom is -0.393 e. The van der Waals surface area contributed by atoms with Crippen molar-refractivity contribution in [3.8, 4) is 0 Å². The second kappa shape index (κ2) is 4.90. The Morgan fingerprint density at radius 1 is 1.63 bits per heavy atom. The number of nitrogens with two attached hydrogens (primary N) is 1. The molecular formula is C12H18FN3O3. The quantitative estimate of drug-likeness (QED) is 0.826. The lowest BCUT2D eigenvalue weighted by atomic mass is 9.84. The number of alkyl halides is 1. The maximum absolute atomic E-state index is 13.2. The molecule has 1 saturated heterocycles. The molecule has 0 spiro atoms. The lowest BCUT2D eigenvalue weighted by Gasteiger charge is -2.27. The Morgan fingerprint density at radius 3 is 2.79 bits per heavy atom. The Morgan fingerprint density at radius 2 is 2.32 bits per heavy atom. The fourth-order valence-corrected chi connectivity index (χ4v) is 2.49. The molecule has 1 aliphatic heterocycles. The van der Waals surface area contributed by atoms with E-state index < -0.39 is 30.8 Å². The fourth-order valence-electron chi connectivity index (χ4n) is 2.49. The van der Waals surface area contributed by atoms with Crippen LogP contribution in [0.5, 0.6) is 0 Å². The van der Waals surface area contributed by atoms with E-state index in [-0.39, 0.29) is 17.7 Å². The molecule has 4 atom stereocenters. The van der Waals surface area contributed by atoms with Crippen LogP contribution >= 0.6 is 0 Å². The molecule has 1 aromatic rings. The highest BCUT2D eigenvalue weighted by atomic mass is 19.1. The number of hydrogen-bond donors (Lipinski definition) is 2. The van der Waals surface area contributed by atoms with Crippen LogP contribution in [0.1, 0.15) is 20.1 Å². The molecule has 7 heteroatoms. The lowest BCUT2D eigenvalue weighted by molar-refractivity contribution is -0.122. The first kappa shape index (κ1) is 14.0. The molecular weight excluding hydrogens is 253 g/mol. The largest absolute Gasteiger partial charge is 0.393 e. The van der Waals surface area contributed by atoms with E-state index in [1.54, 1.807) is 6.92 Å². The summed E-state index contributed by atoms with van der Waals surface area (Å²) in [6, 6.07) is 1.48. The maximum atomic E-state index is 13.2. The zero-order chi connectivity index (χ0) is 14.2. The standard InChI is InChI=1S/C12H18FN3O3/c1-7-8(2)12(5-13,6-17)19-10(7)16-4-3-9(14)15-11(16)18/h3-4,7-8,10,17H,5-6H2,1-2H3,(H2,14,15,18)/t7-,8-,10+,12+/m0/s1. The predicted molar refractivity (Wildman–Crippen MR) is 67.2 cm³/mol. The van der Waals surface area contributed by atoms with Gasteiger partial charge in [0.2, 0.25) is 0 Å². The third-order valence-electron chi connectivity index (χ3n) is 4.04. The van der Waals surface area contributed by atoms with E-state index in [9.17, 15) is 14.3 Å². The van der Waals surface area contributed by atoms with Crippen molar-refractivity contribution in [1.29, 1.82) is 0 Å². The second-order valence-electron chi connectivity index (χ2n) is 5.05. The Bertz CT molecular complexity index is 515. The monoisotopic (exact) mass is 271 g/mol. The summed E-state index contributed by atoms with van der Waals surface area (Å²) in [7, 11) is 0. The van der Waals surface area contributed by atoms with E-state index in [0.29, 0.717) is 0 Å². The van der Waals surface area contributed by atoms with Crippen LogP contribution in [0.3, 0.4) is 0 Å². The summed E-state index contributed by atoms with van der Waals surface area (Å²) in [5.41, 5.74) is 3.62. The van der Waals surface area contributed by atoms with Gasteiger partial charge in [0.15, 0.2) is 0 Å². The van der Waals surface area contributed by atoms with Crippen LogP contribution in [-0.2, 0) is 4.74 Å². The van der Waals surface area contributed by atoms with Crippen LogP contribution in [0.2, 0.25) is 0 Å². The summed E-state index contributed by atoms with van der Waals surface area (Å²) >= 11 is 0. The molecule has 0 aromatic carbocycles. The van der Waals surface area contributed by atoms with Gasteiger partial charge in [-0.2, -0.15) is 4.98 Å². The second-order valence-corrected chi connectivity index (χ2v) is 5.05. The number of nitrogen functional groups attached to an aromatic ring is 1. The van der Waals surface area contributed by atoms with Gasteiger partial charge < -0.3 is 15.6 Å². The van der Waals surface area contributed by atoms with Crippen molar-refractivity contribution in [3.63, 3.8) is 0 Å². The smallest absolute Gasteiger partial charge is 0.351 e. The maximum Gasteiger partial charge on any atom is 0.351 e. The summed E-state index contributed by atoms with van der Waals surface area (Å²) in [6.07, 6.45) is 0.822. The molecule has 0 unspecified atom stereocenters. The van der Waals surface area contributed by atoms with E-state index in [1.165, 1.54) is 16.8 Å². The van der Waals surface area contributed by atoms with Gasteiger partial charge >= 0.3 is 5.69 Å². The zero-order valence-electron chi connectivity index (χ0n) is 10.9. The SMILES string of the molecule is C[C@@H]1[C@H](n2ccc(N)nc2=O)O[C@@](CO)(CF)[C@H]1C. The number of aromatic nitrogens is 2. The van der Waals surface area contributed by atoms with Gasteiger partial charge in [-0.15, -0.1) is 0 Å². The van der Waals surface area contributed by atoms with E-state index in [4.69, 9.17) is 10.5 Å². The Hall–Kier alpha value is -1.47. The highest BCUT2D eigenvalue weighted by Crippen LogP contribution is 2.45. The third kappa shape index (κ3) is 2.12. The van der Waals surface area contributed by atoms with E-state index >= 15 is 0 Å². The number of nitrogens with zero attached hydrogens (tertiary/aromatic N) is 2. The van der Waals surface area contributed by atoms with Crippen molar-refractivity contribution in [2.24, 2.45) is 11.8 Å². The molecule has 0 saturated carbocycles. The summed E-state index contributed by atoms with van der Waals surface area (Å²) in [4.78, 5) is 15.4. The van der Waals surface area contributed by atoms with Gasteiger partial charge in [-0.3, -0.25) is 4.57 Å². The van der Waals surface area contributed by atoms with Gasteiger partial charge in [-0.25, -0.2) is 9.18 Å². The number of halogens is 1. The van der Waals surface area contributed by atoms with Crippen molar-refractivity contribution in [3.05, 3.63) is 22.7 Å². The van der Waals surface area contributed by atoms with Gasteiger partial charge in [0.05, 0.1) is 6.61 Å². The minimum atomic E-state index is -1.26. The Labute approximate surface area is 110 Å². The highest BCUT2D eigenvalue weighted by molar-refractivity contribution is 5.23. The molecule has 0 radical (unpaired) electrons. The molecule has 2 heterocycles. The molecule has 1 fully saturated rings.